The molecule has 3 aromatic rings. The zero-order valence-corrected chi connectivity index (χ0v) is 19.2. The molecule has 1 N–H and O–H groups in total. The number of nitrogens with one attached hydrogen (secondary N) is 1. The fraction of sp³-hybridized carbons (Fsp3) is 0.148. The summed E-state index contributed by atoms with van der Waals surface area (Å²) in [6.45, 7) is 0. The summed E-state index contributed by atoms with van der Waals surface area (Å²) in [5.41, 5.74) is 4.87. The lowest BCUT2D eigenvalue weighted by molar-refractivity contribution is -0.142. The summed E-state index contributed by atoms with van der Waals surface area (Å²) >= 11 is 3.35. The SMILES string of the molecule is O=C(NN1C(=O)[C@@H]2[C@H](C1=O)[C@@H](c1ccccc1)C=C[C@H]2c1ccccc1)c1cccc(Br)c1. The maximum Gasteiger partial charge on any atom is 0.270 e. The largest absolute Gasteiger partial charge is 0.272 e. The van der Waals surface area contributed by atoms with Crippen LogP contribution in [0.3, 0.4) is 0 Å². The fourth-order valence-corrected chi connectivity index (χ4v) is 5.24. The first-order chi connectivity index (χ1) is 16.0. The monoisotopic (exact) mass is 500 g/mol. The number of rotatable bonds is 4. The molecule has 6 heteroatoms. The van der Waals surface area contributed by atoms with E-state index in [-0.39, 0.29) is 23.7 Å². The van der Waals surface area contributed by atoms with Crippen molar-refractivity contribution in [2.24, 2.45) is 11.8 Å². The molecule has 0 bridgehead atoms. The predicted molar refractivity (Wildman–Crippen MR) is 128 cm³/mol. The fourth-order valence-electron chi connectivity index (χ4n) is 4.84. The second-order valence-electron chi connectivity index (χ2n) is 8.27. The van der Waals surface area contributed by atoms with Crippen LogP contribution in [-0.4, -0.2) is 22.7 Å². The lowest BCUT2D eigenvalue weighted by Crippen LogP contribution is -2.46. The zero-order valence-electron chi connectivity index (χ0n) is 17.6. The van der Waals surface area contributed by atoms with E-state index in [2.05, 4.69) is 21.4 Å². The molecule has 1 heterocycles. The van der Waals surface area contributed by atoms with Gasteiger partial charge in [0.25, 0.3) is 17.7 Å². The molecule has 1 aliphatic heterocycles. The molecule has 33 heavy (non-hydrogen) atoms. The van der Waals surface area contributed by atoms with Crippen LogP contribution in [0.25, 0.3) is 0 Å². The molecule has 0 saturated carbocycles. The molecule has 2 aliphatic rings. The first-order valence-corrected chi connectivity index (χ1v) is 11.6. The van der Waals surface area contributed by atoms with Crippen molar-refractivity contribution >= 4 is 33.7 Å². The van der Waals surface area contributed by atoms with Crippen LogP contribution < -0.4 is 5.43 Å². The van der Waals surface area contributed by atoms with Crippen LogP contribution in [-0.2, 0) is 9.59 Å². The summed E-state index contributed by atoms with van der Waals surface area (Å²) in [7, 11) is 0. The lowest BCUT2D eigenvalue weighted by Gasteiger charge is -2.32. The van der Waals surface area contributed by atoms with Gasteiger partial charge >= 0.3 is 0 Å². The average molecular weight is 501 g/mol. The summed E-state index contributed by atoms with van der Waals surface area (Å²) in [6.07, 6.45) is 4.05. The Hall–Kier alpha value is -3.51. The van der Waals surface area contributed by atoms with Gasteiger partial charge in [-0.15, -0.1) is 0 Å². The van der Waals surface area contributed by atoms with Gasteiger partial charge in [-0.2, -0.15) is 5.01 Å². The Bertz CT molecular complexity index is 1170. The molecule has 4 atom stereocenters. The van der Waals surface area contributed by atoms with Crippen molar-refractivity contribution < 1.29 is 14.4 Å². The Morgan fingerprint density at radius 3 is 1.73 bits per heavy atom. The second kappa shape index (κ2) is 8.79. The van der Waals surface area contributed by atoms with Crippen LogP contribution in [0.1, 0.15) is 33.3 Å². The van der Waals surface area contributed by atoms with E-state index in [0.717, 1.165) is 20.6 Å². The van der Waals surface area contributed by atoms with Crippen LogP contribution in [0.4, 0.5) is 0 Å². The minimum absolute atomic E-state index is 0.250. The number of hydrogen-bond acceptors (Lipinski definition) is 3. The molecule has 5 rings (SSSR count). The zero-order chi connectivity index (χ0) is 22.9. The van der Waals surface area contributed by atoms with Gasteiger partial charge in [-0.1, -0.05) is 94.8 Å². The molecule has 1 fully saturated rings. The summed E-state index contributed by atoms with van der Waals surface area (Å²) in [5.74, 6) is -2.96. The quantitative estimate of drug-likeness (QED) is 0.412. The third-order valence-electron chi connectivity index (χ3n) is 6.37. The van der Waals surface area contributed by atoms with Crippen molar-refractivity contribution in [1.82, 2.24) is 10.4 Å². The number of halogens is 1. The lowest BCUT2D eigenvalue weighted by atomic mass is 9.68. The number of imide groups is 1. The van der Waals surface area contributed by atoms with Gasteiger partial charge in [-0.3, -0.25) is 19.8 Å². The number of hydrazine groups is 1. The van der Waals surface area contributed by atoms with Crippen molar-refractivity contribution in [3.8, 4) is 0 Å². The molecule has 3 amide bonds. The van der Waals surface area contributed by atoms with Crippen molar-refractivity contribution in [3.63, 3.8) is 0 Å². The summed E-state index contributed by atoms with van der Waals surface area (Å²) in [6, 6.07) is 26.2. The van der Waals surface area contributed by atoms with Crippen molar-refractivity contribution in [1.29, 1.82) is 0 Å². The van der Waals surface area contributed by atoms with E-state index in [1.807, 2.05) is 72.8 Å². The number of allylic oxidation sites excluding steroid dienone is 2. The molecule has 1 saturated heterocycles. The van der Waals surface area contributed by atoms with E-state index < -0.39 is 17.7 Å². The number of carbonyl (C=O) groups is 3. The average Bonchev–Trinajstić information content (AvgIpc) is 3.10. The first-order valence-electron chi connectivity index (χ1n) is 10.8. The highest BCUT2D eigenvalue weighted by molar-refractivity contribution is 9.10. The third kappa shape index (κ3) is 3.91. The molecule has 0 unspecified atom stereocenters. The highest BCUT2D eigenvalue weighted by Gasteiger charge is 2.55. The molecule has 5 nitrogen and oxygen atoms in total. The standard InChI is InChI=1S/C27H21BrN2O3/c28-20-13-7-12-19(16-20)25(31)29-30-26(32)23-21(17-8-3-1-4-9-17)14-15-22(24(23)27(30)33)18-10-5-2-6-11-18/h1-16,21-24H,(H,29,31)/t21-,22+,23-,24+. The van der Waals surface area contributed by atoms with E-state index in [1.165, 1.54) is 0 Å². The maximum atomic E-state index is 13.6. The van der Waals surface area contributed by atoms with E-state index in [4.69, 9.17) is 0 Å². The van der Waals surface area contributed by atoms with Crippen molar-refractivity contribution in [2.75, 3.05) is 0 Å². The topological polar surface area (TPSA) is 66.5 Å². The number of amides is 3. The van der Waals surface area contributed by atoms with Gasteiger partial charge in [0, 0.05) is 21.9 Å². The molecule has 0 radical (unpaired) electrons. The summed E-state index contributed by atoms with van der Waals surface area (Å²) in [4.78, 5) is 40.0. The number of carbonyl (C=O) groups excluding carboxylic acids is 3. The Balaban J connectivity index is 1.52. The molecule has 3 aromatic carbocycles. The highest BCUT2D eigenvalue weighted by Crippen LogP contribution is 2.48. The normalized spacial score (nSPS) is 24.0. The minimum Gasteiger partial charge on any atom is -0.272 e. The van der Waals surface area contributed by atoms with E-state index in [0.29, 0.717) is 5.56 Å². The molecule has 0 aromatic heterocycles. The van der Waals surface area contributed by atoms with Gasteiger partial charge in [0.05, 0.1) is 11.8 Å². The minimum atomic E-state index is -0.599. The van der Waals surface area contributed by atoms with Gasteiger partial charge in [0.1, 0.15) is 0 Å². The highest BCUT2D eigenvalue weighted by atomic mass is 79.9. The van der Waals surface area contributed by atoms with Crippen molar-refractivity contribution in [2.45, 2.75) is 11.8 Å². The Labute approximate surface area is 200 Å². The number of benzene rings is 3. The van der Waals surface area contributed by atoms with Crippen LogP contribution in [0.15, 0.2) is 102 Å². The first kappa shape index (κ1) is 21.3. The number of nitrogens with zero attached hydrogens (tertiary/aromatic N) is 1. The van der Waals surface area contributed by atoms with Crippen LogP contribution in [0.5, 0.6) is 0 Å². The Morgan fingerprint density at radius 2 is 1.24 bits per heavy atom. The Kier molecular flexibility index (Phi) is 5.68. The van der Waals surface area contributed by atoms with Gasteiger partial charge in [0.15, 0.2) is 0 Å². The summed E-state index contributed by atoms with van der Waals surface area (Å²) < 4.78 is 0.736. The van der Waals surface area contributed by atoms with Gasteiger partial charge in [-0.05, 0) is 29.3 Å². The van der Waals surface area contributed by atoms with E-state index >= 15 is 0 Å². The smallest absolute Gasteiger partial charge is 0.270 e. The van der Waals surface area contributed by atoms with Gasteiger partial charge < -0.3 is 0 Å². The third-order valence-corrected chi connectivity index (χ3v) is 6.86. The summed E-state index contributed by atoms with van der Waals surface area (Å²) in [5, 5.41) is 0.928. The van der Waals surface area contributed by atoms with Crippen molar-refractivity contribution in [3.05, 3.63) is 118 Å². The maximum absolute atomic E-state index is 13.6. The molecular weight excluding hydrogens is 480 g/mol. The number of fused-ring (bicyclic) bond motifs is 1. The van der Waals surface area contributed by atoms with E-state index in [1.54, 1.807) is 24.3 Å². The Morgan fingerprint density at radius 1 is 0.727 bits per heavy atom. The number of hydrogen-bond donors (Lipinski definition) is 1. The molecule has 1 aliphatic carbocycles. The predicted octanol–water partition coefficient (Wildman–Crippen LogP) is 4.83. The molecule has 0 spiro atoms. The van der Waals surface area contributed by atoms with Crippen LogP contribution in [0, 0.1) is 11.8 Å². The molecular formula is C27H21BrN2O3. The van der Waals surface area contributed by atoms with Crippen LogP contribution >= 0.6 is 15.9 Å². The second-order valence-corrected chi connectivity index (χ2v) is 9.19. The molecule has 164 valence electrons. The van der Waals surface area contributed by atoms with Crippen LogP contribution in [0.2, 0.25) is 0 Å². The van der Waals surface area contributed by atoms with Gasteiger partial charge in [0.2, 0.25) is 0 Å². The van der Waals surface area contributed by atoms with Gasteiger partial charge in [-0.25, -0.2) is 0 Å². The van der Waals surface area contributed by atoms with E-state index in [9.17, 15) is 14.4 Å².